The van der Waals surface area contributed by atoms with E-state index < -0.39 is 11.9 Å². The van der Waals surface area contributed by atoms with Gasteiger partial charge in [0, 0.05) is 18.5 Å². The summed E-state index contributed by atoms with van der Waals surface area (Å²) in [6, 6.07) is 13.3. The van der Waals surface area contributed by atoms with Crippen molar-refractivity contribution >= 4 is 28.7 Å². The normalized spacial score (nSPS) is 13.7. The summed E-state index contributed by atoms with van der Waals surface area (Å²) < 4.78 is 0. The van der Waals surface area contributed by atoms with Crippen molar-refractivity contribution in [1.29, 1.82) is 0 Å². The maximum absolute atomic E-state index is 13.5. The first-order valence-electron chi connectivity index (χ1n) is 12.1. The molecule has 7 heteroatoms. The number of aliphatic carboxylic acids is 1. The van der Waals surface area contributed by atoms with Crippen LogP contribution in [-0.4, -0.2) is 31.9 Å². The summed E-state index contributed by atoms with van der Waals surface area (Å²) in [6.07, 6.45) is 7.16. The van der Waals surface area contributed by atoms with E-state index in [-0.39, 0.29) is 17.5 Å². The molecule has 3 aromatic rings. The fourth-order valence-corrected chi connectivity index (χ4v) is 4.73. The lowest BCUT2D eigenvalue weighted by molar-refractivity contribution is -0.139. The number of aromatic nitrogens is 2. The Morgan fingerprint density at radius 3 is 2.35 bits per heavy atom. The van der Waals surface area contributed by atoms with E-state index in [4.69, 9.17) is 5.73 Å². The lowest BCUT2D eigenvalue weighted by Gasteiger charge is -2.18. The van der Waals surface area contributed by atoms with Crippen molar-refractivity contribution in [3.63, 3.8) is 0 Å². The fraction of sp³-hybridized carbons (Fsp3) is 0.407. The molecule has 2 aromatic carbocycles. The quantitative estimate of drug-likeness (QED) is 0.398. The van der Waals surface area contributed by atoms with Gasteiger partial charge in [-0.2, -0.15) is 0 Å². The molecule has 2 heterocycles. The maximum Gasteiger partial charge on any atom is 0.310 e. The first kappa shape index (κ1) is 23.7. The number of benzene rings is 2. The molecule has 0 radical (unpaired) electrons. The van der Waals surface area contributed by atoms with E-state index >= 15 is 0 Å². The molecule has 0 saturated heterocycles. The zero-order chi connectivity index (χ0) is 24.1. The Morgan fingerprint density at radius 1 is 1.00 bits per heavy atom. The fourth-order valence-electron chi connectivity index (χ4n) is 4.73. The number of nitrogen functional groups attached to an aromatic ring is 1. The molecule has 1 atom stereocenters. The van der Waals surface area contributed by atoms with Gasteiger partial charge in [0.05, 0.1) is 11.4 Å². The number of carbonyl (C=O) groups excluding carboxylic acids is 1. The van der Waals surface area contributed by atoms with Gasteiger partial charge in [0.1, 0.15) is 5.69 Å². The number of nitrogens with two attached hydrogens (primary N) is 1. The summed E-state index contributed by atoms with van der Waals surface area (Å²) in [5.74, 6) is -1.68. The van der Waals surface area contributed by atoms with Gasteiger partial charge in [-0.25, -0.2) is 9.97 Å². The topological polar surface area (TPSA) is 109 Å². The van der Waals surface area contributed by atoms with E-state index in [1.165, 1.54) is 19.3 Å². The second-order valence-electron chi connectivity index (χ2n) is 9.08. The number of hydrogen-bond donors (Lipinski definition) is 2. The predicted octanol–water partition coefficient (Wildman–Crippen LogP) is 5.29. The number of hydrogen-bond acceptors (Lipinski definition) is 5. The first-order valence-corrected chi connectivity index (χ1v) is 12.1. The minimum absolute atomic E-state index is 0.0298. The van der Waals surface area contributed by atoms with Crippen LogP contribution in [0.15, 0.2) is 42.5 Å². The van der Waals surface area contributed by atoms with Crippen molar-refractivity contribution in [2.24, 2.45) is 0 Å². The van der Waals surface area contributed by atoms with Gasteiger partial charge < -0.3 is 15.7 Å². The third-order valence-electron chi connectivity index (χ3n) is 6.61. The van der Waals surface area contributed by atoms with E-state index in [0.717, 1.165) is 30.4 Å². The van der Waals surface area contributed by atoms with Crippen molar-refractivity contribution in [3.05, 3.63) is 64.8 Å². The Hall–Kier alpha value is -3.48. The minimum Gasteiger partial charge on any atom is -0.481 e. The highest BCUT2D eigenvalue weighted by Gasteiger charge is 2.28. The van der Waals surface area contributed by atoms with Crippen LogP contribution >= 0.6 is 0 Å². The molecule has 1 amide bonds. The Balaban J connectivity index is 1.58. The Kier molecular flexibility index (Phi) is 7.40. The largest absolute Gasteiger partial charge is 0.481 e. The molecule has 0 fully saturated rings. The highest BCUT2D eigenvalue weighted by molar-refractivity contribution is 6.05. The van der Waals surface area contributed by atoms with Gasteiger partial charge in [-0.3, -0.25) is 9.59 Å². The molecule has 34 heavy (non-hydrogen) atoms. The number of fused-ring (bicyclic) bond motifs is 2. The summed E-state index contributed by atoms with van der Waals surface area (Å²) in [6.45, 7) is 3.20. The average molecular weight is 461 g/mol. The number of carboxylic acid groups (broad SMARTS) is 1. The standard InChI is InChI=1S/C27H32N4O3/c1-2-3-4-5-6-7-12-21(26(33)34)18-13-14-23-22(15-18)24(30-27(28)29-23)25(32)31-16-19-10-8-9-11-20(19)17-31/h8-11,13-15,21H,2-7,12,16-17H2,1H3,(H,33,34)(H2,28,29,30). The van der Waals surface area contributed by atoms with E-state index in [1.54, 1.807) is 23.1 Å². The zero-order valence-electron chi connectivity index (χ0n) is 19.7. The van der Waals surface area contributed by atoms with E-state index in [0.29, 0.717) is 36.0 Å². The third-order valence-corrected chi connectivity index (χ3v) is 6.61. The van der Waals surface area contributed by atoms with Crippen molar-refractivity contribution in [2.45, 2.75) is 70.9 Å². The second kappa shape index (κ2) is 10.6. The van der Waals surface area contributed by atoms with Gasteiger partial charge in [-0.1, -0.05) is 75.8 Å². The molecule has 0 bridgehead atoms. The van der Waals surface area contributed by atoms with Crippen molar-refractivity contribution in [2.75, 3.05) is 5.73 Å². The van der Waals surface area contributed by atoms with Crippen molar-refractivity contribution in [3.8, 4) is 0 Å². The van der Waals surface area contributed by atoms with Gasteiger partial charge in [-0.15, -0.1) is 0 Å². The zero-order valence-corrected chi connectivity index (χ0v) is 19.7. The number of rotatable bonds is 10. The molecule has 0 aliphatic carbocycles. The van der Waals surface area contributed by atoms with Crippen LogP contribution < -0.4 is 5.73 Å². The van der Waals surface area contributed by atoms with Gasteiger partial charge in [0.15, 0.2) is 0 Å². The highest BCUT2D eigenvalue weighted by atomic mass is 16.4. The summed E-state index contributed by atoms with van der Waals surface area (Å²) in [4.78, 5) is 35.8. The van der Waals surface area contributed by atoms with Gasteiger partial charge in [0.2, 0.25) is 5.95 Å². The molecule has 1 aliphatic heterocycles. The molecular formula is C27H32N4O3. The summed E-state index contributed by atoms with van der Waals surface area (Å²) in [7, 11) is 0. The number of anilines is 1. The van der Waals surface area contributed by atoms with Gasteiger partial charge in [-0.05, 0) is 35.2 Å². The number of carboxylic acids is 1. The molecule has 3 N–H and O–H groups in total. The molecule has 1 aromatic heterocycles. The number of unbranched alkanes of at least 4 members (excludes halogenated alkanes) is 5. The average Bonchev–Trinajstić information content (AvgIpc) is 3.26. The summed E-state index contributed by atoms with van der Waals surface area (Å²) in [5, 5.41) is 10.5. The number of nitrogens with zero attached hydrogens (tertiary/aromatic N) is 3. The van der Waals surface area contributed by atoms with Crippen LogP contribution in [-0.2, 0) is 17.9 Å². The van der Waals surface area contributed by atoms with Crippen LogP contribution in [0.3, 0.4) is 0 Å². The van der Waals surface area contributed by atoms with Crippen LogP contribution in [0.5, 0.6) is 0 Å². The number of carbonyl (C=O) groups is 2. The summed E-state index contributed by atoms with van der Waals surface area (Å²) in [5.41, 5.74) is 9.59. The second-order valence-corrected chi connectivity index (χ2v) is 9.08. The van der Waals surface area contributed by atoms with E-state index in [1.807, 2.05) is 24.3 Å². The Labute approximate surface area is 200 Å². The van der Waals surface area contributed by atoms with Gasteiger partial charge in [0.25, 0.3) is 5.91 Å². The van der Waals surface area contributed by atoms with E-state index in [2.05, 4.69) is 16.9 Å². The van der Waals surface area contributed by atoms with Crippen LogP contribution in [0.2, 0.25) is 0 Å². The van der Waals surface area contributed by atoms with Crippen LogP contribution in [0.1, 0.15) is 85.0 Å². The lowest BCUT2D eigenvalue weighted by atomic mass is 9.91. The SMILES string of the molecule is CCCCCCCCC(C(=O)O)c1ccc2nc(N)nc(C(=O)N3Cc4ccccc4C3)c2c1. The molecule has 1 aliphatic rings. The minimum atomic E-state index is -0.854. The summed E-state index contributed by atoms with van der Waals surface area (Å²) >= 11 is 0. The van der Waals surface area contributed by atoms with Crippen LogP contribution in [0, 0.1) is 0 Å². The number of amides is 1. The predicted molar refractivity (Wildman–Crippen MR) is 132 cm³/mol. The maximum atomic E-state index is 13.5. The Bertz CT molecular complexity index is 1170. The van der Waals surface area contributed by atoms with Gasteiger partial charge >= 0.3 is 5.97 Å². The van der Waals surface area contributed by atoms with E-state index in [9.17, 15) is 14.7 Å². The monoisotopic (exact) mass is 460 g/mol. The molecule has 1 unspecified atom stereocenters. The Morgan fingerprint density at radius 2 is 1.68 bits per heavy atom. The molecule has 7 nitrogen and oxygen atoms in total. The van der Waals surface area contributed by atoms with Crippen molar-refractivity contribution < 1.29 is 14.7 Å². The van der Waals surface area contributed by atoms with Crippen LogP contribution in [0.4, 0.5) is 5.95 Å². The lowest BCUT2D eigenvalue weighted by Crippen LogP contribution is -2.27. The molecular weight excluding hydrogens is 428 g/mol. The molecule has 4 rings (SSSR count). The van der Waals surface area contributed by atoms with Crippen molar-refractivity contribution in [1.82, 2.24) is 14.9 Å². The highest BCUT2D eigenvalue weighted by Crippen LogP contribution is 2.30. The molecule has 0 saturated carbocycles. The van der Waals surface area contributed by atoms with Crippen LogP contribution in [0.25, 0.3) is 10.9 Å². The first-order chi connectivity index (χ1) is 16.5. The molecule has 0 spiro atoms. The molecule has 178 valence electrons. The third kappa shape index (κ3) is 5.19. The smallest absolute Gasteiger partial charge is 0.310 e.